The van der Waals surface area contributed by atoms with Gasteiger partial charge in [-0.2, -0.15) is 0 Å². The Morgan fingerprint density at radius 2 is 0.746 bits per heavy atom. The van der Waals surface area contributed by atoms with Crippen molar-refractivity contribution in [1.29, 1.82) is 0 Å². The van der Waals surface area contributed by atoms with E-state index >= 15 is 0 Å². The lowest BCUT2D eigenvalue weighted by Gasteiger charge is -2.26. The third-order valence-corrected chi connectivity index (χ3v) is 13.5. The quantitative estimate of drug-likeness (QED) is 0.134. The molecule has 3 nitrogen and oxygen atoms in total. The van der Waals surface area contributed by atoms with Crippen LogP contribution in [0.3, 0.4) is 0 Å². The van der Waals surface area contributed by atoms with E-state index in [0.717, 1.165) is 39.8 Å². The smallest absolute Gasteiger partial charge is 0.0620 e. The molecule has 0 amide bonds. The van der Waals surface area contributed by atoms with Gasteiger partial charge >= 0.3 is 0 Å². The molecule has 13 aromatic rings. The summed E-state index contributed by atoms with van der Waals surface area (Å²) >= 11 is 0. The largest absolute Gasteiger partial charge is 0.311 e. The van der Waals surface area contributed by atoms with Crippen molar-refractivity contribution in [3.8, 4) is 27.9 Å². The van der Waals surface area contributed by atoms with Crippen LogP contribution in [0.4, 0.5) is 34.1 Å². The van der Waals surface area contributed by atoms with Crippen molar-refractivity contribution in [2.24, 2.45) is 0 Å². The molecule has 0 saturated heterocycles. The highest BCUT2D eigenvalue weighted by Gasteiger charge is 2.21. The summed E-state index contributed by atoms with van der Waals surface area (Å²) in [6.07, 6.45) is 0. The first-order chi connectivity index (χ1) is 33.2. The fraction of sp³-hybridized carbons (Fsp3) is 0. The first-order valence-electron chi connectivity index (χ1n) is 23.0. The maximum Gasteiger partial charge on any atom is 0.0620 e. The number of hydrogen-bond donors (Lipinski definition) is 0. The molecule has 0 fully saturated rings. The molecule has 0 unspecified atom stereocenters. The highest BCUT2D eigenvalue weighted by atomic mass is 15.1. The second-order valence-electron chi connectivity index (χ2n) is 17.3. The van der Waals surface area contributed by atoms with E-state index in [-0.39, 0.29) is 0 Å². The molecule has 314 valence electrons. The maximum atomic E-state index is 2.48. The fourth-order valence-corrected chi connectivity index (χ4v) is 10.5. The van der Waals surface area contributed by atoms with E-state index in [1.807, 2.05) is 0 Å². The molecule has 0 aliphatic carbocycles. The number of para-hydroxylation sites is 5. The van der Waals surface area contributed by atoms with Crippen LogP contribution in [0.2, 0.25) is 0 Å². The first-order valence-corrected chi connectivity index (χ1v) is 23.0. The molecule has 0 saturated carbocycles. The summed E-state index contributed by atoms with van der Waals surface area (Å²) in [5.41, 5.74) is 15.1. The Bertz CT molecular complexity index is 3800. The topological polar surface area (TPSA) is 11.4 Å². The monoisotopic (exact) mass is 853 g/mol. The number of fused-ring (bicyclic) bond motifs is 4. The molecule has 13 rings (SSSR count). The average Bonchev–Trinajstić information content (AvgIpc) is 3.73. The molecule has 0 aliphatic heterocycles. The molecule has 0 spiro atoms. The third-order valence-electron chi connectivity index (χ3n) is 13.5. The Morgan fingerprint density at radius 1 is 0.269 bits per heavy atom. The van der Waals surface area contributed by atoms with Crippen LogP contribution in [0.1, 0.15) is 0 Å². The predicted molar refractivity (Wildman–Crippen MR) is 285 cm³/mol. The zero-order valence-corrected chi connectivity index (χ0v) is 36.7. The second-order valence-corrected chi connectivity index (χ2v) is 17.3. The van der Waals surface area contributed by atoms with E-state index in [4.69, 9.17) is 0 Å². The average molecular weight is 854 g/mol. The Morgan fingerprint density at radius 3 is 1.37 bits per heavy atom. The van der Waals surface area contributed by atoms with Crippen LogP contribution in [-0.4, -0.2) is 4.57 Å². The van der Waals surface area contributed by atoms with E-state index in [1.165, 1.54) is 76.4 Å². The Balaban J connectivity index is 0.970. The molecule has 1 aromatic heterocycles. The van der Waals surface area contributed by atoms with Gasteiger partial charge in [0.05, 0.1) is 11.0 Å². The Labute approximate surface area is 389 Å². The van der Waals surface area contributed by atoms with Gasteiger partial charge in [0.2, 0.25) is 0 Å². The Kier molecular flexibility index (Phi) is 9.17. The standard InChI is InChI=1S/C64H43N3/c1-6-18-49(19-7-1)65(50-20-8-2-9-21-50)54-35-29-44(30-36-54)56-37-31-45-32-39-58-63-48(33-38-57(56)62(45)63)43-60-59-42-47(34-40-61(59)67(64(58)60)53-26-14-5-15-27-53)46-17-16-28-55(41-46)66(51-22-10-3-11-23-51)52-24-12-4-13-25-52/h1-43H. The SMILES string of the molecule is c1ccc(N(c2ccccc2)c2ccc(-c3ccc4ccc5c6c(ccc3c46)cc3c4cc(-c6cccc(N(c7ccccc7)c7ccccc7)c6)ccc4n(-c4ccccc4)c35)cc2)cc1. The minimum Gasteiger partial charge on any atom is -0.311 e. The van der Waals surface area contributed by atoms with Crippen molar-refractivity contribution in [2.45, 2.75) is 0 Å². The molecule has 0 N–H and O–H groups in total. The van der Waals surface area contributed by atoms with Crippen molar-refractivity contribution >= 4 is 88.2 Å². The summed E-state index contributed by atoms with van der Waals surface area (Å²) < 4.78 is 2.48. The fourth-order valence-electron chi connectivity index (χ4n) is 10.5. The number of hydrogen-bond acceptors (Lipinski definition) is 2. The van der Waals surface area contributed by atoms with Gasteiger partial charge in [0.1, 0.15) is 0 Å². The summed E-state index contributed by atoms with van der Waals surface area (Å²) in [5, 5.41) is 10.1. The number of aromatic nitrogens is 1. The van der Waals surface area contributed by atoms with Crippen molar-refractivity contribution in [3.63, 3.8) is 0 Å². The van der Waals surface area contributed by atoms with Crippen LogP contribution in [0, 0.1) is 0 Å². The zero-order chi connectivity index (χ0) is 44.3. The van der Waals surface area contributed by atoms with Gasteiger partial charge < -0.3 is 14.4 Å². The van der Waals surface area contributed by atoms with Gasteiger partial charge in [-0.25, -0.2) is 0 Å². The Hall–Kier alpha value is -8.92. The number of rotatable bonds is 9. The zero-order valence-electron chi connectivity index (χ0n) is 36.7. The van der Waals surface area contributed by atoms with E-state index in [9.17, 15) is 0 Å². The summed E-state index contributed by atoms with van der Waals surface area (Å²) in [6.45, 7) is 0. The van der Waals surface area contributed by atoms with Crippen LogP contribution in [0.25, 0.3) is 82.1 Å². The van der Waals surface area contributed by atoms with E-state index < -0.39 is 0 Å². The van der Waals surface area contributed by atoms with Crippen LogP contribution in [0.5, 0.6) is 0 Å². The molecule has 1 heterocycles. The molecule has 3 heteroatoms. The minimum absolute atomic E-state index is 1.11. The van der Waals surface area contributed by atoms with Gasteiger partial charge in [-0.05, 0) is 152 Å². The van der Waals surface area contributed by atoms with Crippen LogP contribution in [0.15, 0.2) is 261 Å². The molecule has 0 atom stereocenters. The van der Waals surface area contributed by atoms with Gasteiger partial charge in [0.15, 0.2) is 0 Å². The van der Waals surface area contributed by atoms with Crippen molar-refractivity contribution in [2.75, 3.05) is 9.80 Å². The number of anilines is 6. The molecule has 67 heavy (non-hydrogen) atoms. The van der Waals surface area contributed by atoms with Crippen molar-refractivity contribution in [1.82, 2.24) is 4.57 Å². The molecule has 0 aliphatic rings. The lowest BCUT2D eigenvalue weighted by Crippen LogP contribution is -2.09. The predicted octanol–water partition coefficient (Wildman–Crippen LogP) is 18.0. The lowest BCUT2D eigenvalue weighted by molar-refractivity contribution is 1.19. The van der Waals surface area contributed by atoms with E-state index in [0.29, 0.717) is 0 Å². The summed E-state index contributed by atoms with van der Waals surface area (Å²) in [6, 6.07) is 94.7. The van der Waals surface area contributed by atoms with Crippen molar-refractivity contribution in [3.05, 3.63) is 261 Å². The minimum atomic E-state index is 1.11. The molecular formula is C64H43N3. The maximum absolute atomic E-state index is 2.48. The van der Waals surface area contributed by atoms with Gasteiger partial charge in [0, 0.05) is 56.0 Å². The lowest BCUT2D eigenvalue weighted by atomic mass is 9.88. The molecule has 0 radical (unpaired) electrons. The van der Waals surface area contributed by atoms with Crippen LogP contribution < -0.4 is 9.80 Å². The highest BCUT2D eigenvalue weighted by Crippen LogP contribution is 2.46. The highest BCUT2D eigenvalue weighted by molar-refractivity contribution is 6.33. The molecule has 0 bridgehead atoms. The summed E-state index contributed by atoms with van der Waals surface area (Å²) in [4.78, 5) is 4.65. The molecular weight excluding hydrogens is 811 g/mol. The summed E-state index contributed by atoms with van der Waals surface area (Å²) in [5.74, 6) is 0. The van der Waals surface area contributed by atoms with Crippen LogP contribution in [-0.2, 0) is 0 Å². The molecule has 12 aromatic carbocycles. The number of nitrogens with zero attached hydrogens (tertiary/aromatic N) is 3. The number of benzene rings is 12. The van der Waals surface area contributed by atoms with Crippen molar-refractivity contribution < 1.29 is 0 Å². The van der Waals surface area contributed by atoms with E-state index in [2.05, 4.69) is 275 Å². The van der Waals surface area contributed by atoms with Crippen LogP contribution >= 0.6 is 0 Å². The summed E-state index contributed by atoms with van der Waals surface area (Å²) in [7, 11) is 0. The second kappa shape index (κ2) is 16.0. The van der Waals surface area contributed by atoms with Gasteiger partial charge in [-0.1, -0.05) is 158 Å². The third kappa shape index (κ3) is 6.51. The first kappa shape index (κ1) is 38.5. The normalized spacial score (nSPS) is 11.6. The van der Waals surface area contributed by atoms with Gasteiger partial charge in [-0.3, -0.25) is 0 Å². The van der Waals surface area contributed by atoms with Gasteiger partial charge in [0.25, 0.3) is 0 Å². The van der Waals surface area contributed by atoms with E-state index in [1.54, 1.807) is 0 Å². The van der Waals surface area contributed by atoms with Gasteiger partial charge in [-0.15, -0.1) is 0 Å².